The Labute approximate surface area is 72.4 Å². The van der Waals surface area contributed by atoms with Crippen LogP contribution in [0.15, 0.2) is 18.5 Å². The Morgan fingerprint density at radius 1 is 1.33 bits per heavy atom. The van der Waals surface area contributed by atoms with Crippen molar-refractivity contribution in [3.63, 3.8) is 0 Å². The van der Waals surface area contributed by atoms with Crippen LogP contribution in [0.1, 0.15) is 12.2 Å². The van der Waals surface area contributed by atoms with Gasteiger partial charge in [-0.15, -0.1) is 0 Å². The zero-order valence-corrected chi connectivity index (χ0v) is 6.98. The van der Waals surface area contributed by atoms with E-state index in [0.717, 1.165) is 25.5 Å². The molecule has 63 valence electrons. The first kappa shape index (κ1) is 7.68. The van der Waals surface area contributed by atoms with Crippen LogP contribution in [0.5, 0.6) is 0 Å². The van der Waals surface area contributed by atoms with Gasteiger partial charge in [0.05, 0.1) is 6.54 Å². The van der Waals surface area contributed by atoms with Crippen molar-refractivity contribution in [1.29, 1.82) is 0 Å². The van der Waals surface area contributed by atoms with Crippen molar-refractivity contribution in [3.8, 4) is 0 Å². The molecule has 0 unspecified atom stereocenters. The van der Waals surface area contributed by atoms with Crippen LogP contribution >= 0.6 is 0 Å². The maximum absolute atomic E-state index is 4.18. The molecule has 0 bridgehead atoms. The van der Waals surface area contributed by atoms with Gasteiger partial charge in [0.2, 0.25) is 0 Å². The highest BCUT2D eigenvalue weighted by molar-refractivity contribution is 4.91. The molecule has 0 atom stereocenters. The minimum absolute atomic E-state index is 0.886. The SMILES string of the molecule is [CH]1CCN(Cc2ncccn2)C1. The molecule has 12 heavy (non-hydrogen) atoms. The second kappa shape index (κ2) is 3.63. The second-order valence-corrected chi connectivity index (χ2v) is 2.98. The molecule has 0 amide bonds. The third-order valence-corrected chi connectivity index (χ3v) is 2.02. The van der Waals surface area contributed by atoms with E-state index in [2.05, 4.69) is 21.3 Å². The Morgan fingerprint density at radius 2 is 2.17 bits per heavy atom. The summed E-state index contributed by atoms with van der Waals surface area (Å²) in [5.74, 6) is 0.924. The van der Waals surface area contributed by atoms with Crippen LogP contribution in [-0.2, 0) is 6.54 Å². The Bertz CT molecular complexity index is 229. The summed E-state index contributed by atoms with van der Waals surface area (Å²) in [7, 11) is 0. The summed E-state index contributed by atoms with van der Waals surface area (Å²) in [5.41, 5.74) is 0. The van der Waals surface area contributed by atoms with Gasteiger partial charge in [-0.25, -0.2) is 9.97 Å². The molecule has 2 heterocycles. The highest BCUT2D eigenvalue weighted by Gasteiger charge is 2.12. The van der Waals surface area contributed by atoms with Crippen molar-refractivity contribution < 1.29 is 0 Å². The van der Waals surface area contributed by atoms with Gasteiger partial charge >= 0.3 is 0 Å². The molecule has 1 aliphatic rings. The average Bonchev–Trinajstić information content (AvgIpc) is 2.59. The highest BCUT2D eigenvalue weighted by Crippen LogP contribution is 2.08. The molecule has 0 N–H and O–H groups in total. The predicted octanol–water partition coefficient (Wildman–Crippen LogP) is 0.887. The van der Waals surface area contributed by atoms with Crippen LogP contribution < -0.4 is 0 Å². The first-order valence-corrected chi connectivity index (χ1v) is 4.25. The molecule has 3 heteroatoms. The molecular formula is C9H12N3. The smallest absolute Gasteiger partial charge is 0.142 e. The largest absolute Gasteiger partial charge is 0.296 e. The fraction of sp³-hybridized carbons (Fsp3) is 0.444. The maximum Gasteiger partial charge on any atom is 0.142 e. The van der Waals surface area contributed by atoms with Gasteiger partial charge in [-0.2, -0.15) is 0 Å². The summed E-state index contributed by atoms with van der Waals surface area (Å²) >= 11 is 0. The molecule has 0 aliphatic carbocycles. The zero-order chi connectivity index (χ0) is 8.23. The number of aromatic nitrogens is 2. The van der Waals surface area contributed by atoms with Crippen LogP contribution in [-0.4, -0.2) is 28.0 Å². The molecule has 1 fully saturated rings. The van der Waals surface area contributed by atoms with Gasteiger partial charge in [0, 0.05) is 18.9 Å². The molecule has 1 radical (unpaired) electrons. The summed E-state index contributed by atoms with van der Waals surface area (Å²) in [6.45, 7) is 3.12. The molecule has 1 aliphatic heterocycles. The number of nitrogens with zero attached hydrogens (tertiary/aromatic N) is 3. The Kier molecular flexibility index (Phi) is 2.32. The minimum Gasteiger partial charge on any atom is -0.296 e. The quantitative estimate of drug-likeness (QED) is 0.646. The van der Waals surface area contributed by atoms with E-state index in [9.17, 15) is 0 Å². The van der Waals surface area contributed by atoms with E-state index >= 15 is 0 Å². The van der Waals surface area contributed by atoms with Crippen LogP contribution in [0.2, 0.25) is 0 Å². The van der Waals surface area contributed by atoms with E-state index in [0.29, 0.717) is 0 Å². The van der Waals surface area contributed by atoms with Crippen molar-refractivity contribution >= 4 is 0 Å². The Hall–Kier alpha value is -0.960. The van der Waals surface area contributed by atoms with E-state index in [1.807, 2.05) is 6.07 Å². The third-order valence-electron chi connectivity index (χ3n) is 2.02. The lowest BCUT2D eigenvalue weighted by Crippen LogP contribution is -2.19. The lowest BCUT2D eigenvalue weighted by Gasteiger charge is -2.11. The lowest BCUT2D eigenvalue weighted by molar-refractivity contribution is 0.327. The summed E-state index contributed by atoms with van der Waals surface area (Å²) < 4.78 is 0. The van der Waals surface area contributed by atoms with Gasteiger partial charge in [0.25, 0.3) is 0 Å². The van der Waals surface area contributed by atoms with E-state index in [1.54, 1.807) is 12.4 Å². The van der Waals surface area contributed by atoms with Crippen molar-refractivity contribution in [2.75, 3.05) is 13.1 Å². The van der Waals surface area contributed by atoms with Crippen molar-refractivity contribution in [2.24, 2.45) is 0 Å². The van der Waals surface area contributed by atoms with E-state index < -0.39 is 0 Å². The van der Waals surface area contributed by atoms with Gasteiger partial charge < -0.3 is 0 Å². The molecule has 2 rings (SSSR count). The third kappa shape index (κ3) is 1.80. The van der Waals surface area contributed by atoms with Crippen molar-refractivity contribution in [3.05, 3.63) is 30.7 Å². The fourth-order valence-corrected chi connectivity index (χ4v) is 1.39. The average molecular weight is 162 g/mol. The van der Waals surface area contributed by atoms with E-state index in [1.165, 1.54) is 6.42 Å². The summed E-state index contributed by atoms with van der Waals surface area (Å²) in [6, 6.07) is 1.85. The lowest BCUT2D eigenvalue weighted by atomic mass is 10.4. The first-order valence-electron chi connectivity index (χ1n) is 4.25. The van der Waals surface area contributed by atoms with Gasteiger partial charge in [0.1, 0.15) is 5.82 Å². The number of likely N-dealkylation sites (tertiary alicyclic amines) is 1. The van der Waals surface area contributed by atoms with Crippen LogP contribution in [0.3, 0.4) is 0 Å². The molecule has 1 aromatic rings. The monoisotopic (exact) mass is 162 g/mol. The van der Waals surface area contributed by atoms with Crippen molar-refractivity contribution in [2.45, 2.75) is 13.0 Å². The topological polar surface area (TPSA) is 29.0 Å². The Balaban J connectivity index is 1.94. The summed E-state index contributed by atoms with van der Waals surface area (Å²) in [6.07, 6.45) is 7.08. The Morgan fingerprint density at radius 3 is 2.83 bits per heavy atom. The molecular weight excluding hydrogens is 150 g/mol. The molecule has 1 saturated heterocycles. The van der Waals surface area contributed by atoms with Gasteiger partial charge in [-0.3, -0.25) is 4.90 Å². The molecule has 0 saturated carbocycles. The predicted molar refractivity (Wildman–Crippen MR) is 46.2 cm³/mol. The normalized spacial score (nSPS) is 18.3. The van der Waals surface area contributed by atoms with Crippen LogP contribution in [0, 0.1) is 6.42 Å². The standard InChI is InChI=1S/C9H12N3/c1-2-7-12(6-1)8-9-10-4-3-5-11-9/h1,3-5H,2,6-8H2. The molecule has 0 aromatic carbocycles. The van der Waals surface area contributed by atoms with Crippen LogP contribution in [0.25, 0.3) is 0 Å². The highest BCUT2D eigenvalue weighted by atomic mass is 15.2. The number of rotatable bonds is 2. The fourth-order valence-electron chi connectivity index (χ4n) is 1.39. The van der Waals surface area contributed by atoms with E-state index in [-0.39, 0.29) is 0 Å². The zero-order valence-electron chi connectivity index (χ0n) is 6.98. The van der Waals surface area contributed by atoms with E-state index in [4.69, 9.17) is 0 Å². The summed E-state index contributed by atoms with van der Waals surface area (Å²) in [5, 5.41) is 0. The van der Waals surface area contributed by atoms with Crippen LogP contribution in [0.4, 0.5) is 0 Å². The van der Waals surface area contributed by atoms with Gasteiger partial charge in [-0.1, -0.05) is 0 Å². The van der Waals surface area contributed by atoms with Gasteiger partial charge in [0.15, 0.2) is 0 Å². The number of hydrogen-bond acceptors (Lipinski definition) is 3. The number of hydrogen-bond donors (Lipinski definition) is 0. The summed E-state index contributed by atoms with van der Waals surface area (Å²) in [4.78, 5) is 10.7. The molecule has 3 nitrogen and oxygen atoms in total. The molecule has 0 spiro atoms. The maximum atomic E-state index is 4.18. The second-order valence-electron chi connectivity index (χ2n) is 2.98. The van der Waals surface area contributed by atoms with Gasteiger partial charge in [-0.05, 0) is 25.5 Å². The molecule has 1 aromatic heterocycles. The minimum atomic E-state index is 0.886. The van der Waals surface area contributed by atoms with Crippen molar-refractivity contribution in [1.82, 2.24) is 14.9 Å². The first-order chi connectivity index (χ1) is 5.95.